The molecule has 27 heavy (non-hydrogen) atoms. The van der Waals surface area contributed by atoms with Crippen LogP contribution in [0, 0.1) is 25.5 Å². The second kappa shape index (κ2) is 8.04. The van der Waals surface area contributed by atoms with E-state index in [1.54, 1.807) is 19.1 Å². The van der Waals surface area contributed by atoms with Crippen molar-refractivity contribution in [2.45, 2.75) is 33.2 Å². The third-order valence-corrected chi connectivity index (χ3v) is 5.16. The van der Waals surface area contributed by atoms with Crippen LogP contribution in [0.5, 0.6) is 0 Å². The van der Waals surface area contributed by atoms with Crippen LogP contribution in [0.25, 0.3) is 0 Å². The Morgan fingerprint density at radius 1 is 1.07 bits per heavy atom. The van der Waals surface area contributed by atoms with Crippen molar-refractivity contribution >= 4 is 27.3 Å². The molecule has 2 aromatic carbocycles. The van der Waals surface area contributed by atoms with Gasteiger partial charge in [0.25, 0.3) is 0 Å². The van der Waals surface area contributed by atoms with Gasteiger partial charge in [0.1, 0.15) is 6.04 Å². The number of aryl methyl sites for hydroxylation is 2. The van der Waals surface area contributed by atoms with E-state index in [1.165, 1.54) is 6.07 Å². The Balaban J connectivity index is 2.42. The van der Waals surface area contributed by atoms with Gasteiger partial charge in [-0.1, -0.05) is 13.0 Å². The van der Waals surface area contributed by atoms with E-state index in [4.69, 9.17) is 0 Å². The van der Waals surface area contributed by atoms with Gasteiger partial charge in [-0.05, 0) is 55.7 Å². The fourth-order valence-electron chi connectivity index (χ4n) is 2.94. The van der Waals surface area contributed by atoms with Crippen LogP contribution in [0.15, 0.2) is 36.4 Å². The zero-order valence-electron chi connectivity index (χ0n) is 15.6. The van der Waals surface area contributed by atoms with Crippen LogP contribution in [-0.2, 0) is 14.8 Å². The van der Waals surface area contributed by atoms with E-state index in [0.29, 0.717) is 5.69 Å². The summed E-state index contributed by atoms with van der Waals surface area (Å²) in [5.41, 5.74) is 2.14. The number of amides is 1. The molecule has 0 radical (unpaired) electrons. The Labute approximate surface area is 158 Å². The molecule has 1 unspecified atom stereocenters. The Morgan fingerprint density at radius 3 is 2.15 bits per heavy atom. The Kier molecular flexibility index (Phi) is 6.20. The first-order valence-electron chi connectivity index (χ1n) is 8.36. The maximum atomic E-state index is 13.4. The molecule has 1 atom stereocenters. The van der Waals surface area contributed by atoms with Crippen LogP contribution in [0.4, 0.5) is 20.2 Å². The molecule has 0 heterocycles. The normalized spacial score (nSPS) is 12.5. The Bertz CT molecular complexity index is 941. The van der Waals surface area contributed by atoms with E-state index < -0.39 is 33.6 Å². The molecule has 2 aromatic rings. The summed E-state index contributed by atoms with van der Waals surface area (Å²) >= 11 is 0. The molecule has 0 aromatic heterocycles. The summed E-state index contributed by atoms with van der Waals surface area (Å²) in [4.78, 5) is 12.7. The molecule has 0 bridgehead atoms. The minimum Gasteiger partial charge on any atom is -0.324 e. The summed E-state index contributed by atoms with van der Waals surface area (Å²) in [7, 11) is -3.78. The predicted molar refractivity (Wildman–Crippen MR) is 102 cm³/mol. The average Bonchev–Trinajstić information content (AvgIpc) is 2.53. The van der Waals surface area contributed by atoms with E-state index in [0.717, 1.165) is 33.8 Å². The molecule has 0 aliphatic heterocycles. The van der Waals surface area contributed by atoms with Gasteiger partial charge in [0.2, 0.25) is 15.9 Å². The van der Waals surface area contributed by atoms with Gasteiger partial charge in [-0.15, -0.1) is 0 Å². The molecule has 0 aliphatic carbocycles. The molecule has 0 spiro atoms. The van der Waals surface area contributed by atoms with E-state index >= 15 is 0 Å². The minimum absolute atomic E-state index is 0.0474. The van der Waals surface area contributed by atoms with Crippen molar-refractivity contribution in [3.05, 3.63) is 59.2 Å². The number of halogens is 2. The van der Waals surface area contributed by atoms with Crippen molar-refractivity contribution in [1.29, 1.82) is 0 Å². The van der Waals surface area contributed by atoms with Crippen molar-refractivity contribution < 1.29 is 22.0 Å². The fourth-order valence-corrected chi connectivity index (χ4v) is 4.13. The highest BCUT2D eigenvalue weighted by Gasteiger charge is 2.31. The molecule has 0 saturated carbocycles. The third-order valence-electron chi connectivity index (χ3n) is 3.98. The second-order valence-electron chi connectivity index (χ2n) is 6.45. The lowest BCUT2D eigenvalue weighted by Gasteiger charge is -2.30. The molecule has 0 fully saturated rings. The second-order valence-corrected chi connectivity index (χ2v) is 8.31. The van der Waals surface area contributed by atoms with Crippen molar-refractivity contribution in [3.8, 4) is 0 Å². The smallest absolute Gasteiger partial charge is 0.248 e. The predicted octanol–water partition coefficient (Wildman–Crippen LogP) is 3.76. The van der Waals surface area contributed by atoms with E-state index in [9.17, 15) is 22.0 Å². The van der Waals surface area contributed by atoms with Crippen LogP contribution >= 0.6 is 0 Å². The van der Waals surface area contributed by atoms with Crippen molar-refractivity contribution in [1.82, 2.24) is 0 Å². The number of benzene rings is 2. The first-order chi connectivity index (χ1) is 12.5. The quantitative estimate of drug-likeness (QED) is 0.808. The van der Waals surface area contributed by atoms with E-state index in [1.807, 2.05) is 19.9 Å². The Hall–Kier alpha value is -2.48. The fraction of sp³-hybridized carbons (Fsp3) is 0.316. The molecular weight excluding hydrogens is 374 g/mol. The van der Waals surface area contributed by atoms with Gasteiger partial charge in [-0.3, -0.25) is 9.10 Å². The molecule has 1 amide bonds. The number of carbonyl (C=O) groups is 1. The Morgan fingerprint density at radius 2 is 1.67 bits per heavy atom. The van der Waals surface area contributed by atoms with Gasteiger partial charge >= 0.3 is 0 Å². The summed E-state index contributed by atoms with van der Waals surface area (Å²) < 4.78 is 52.4. The molecule has 8 heteroatoms. The van der Waals surface area contributed by atoms with Gasteiger partial charge in [-0.2, -0.15) is 0 Å². The summed E-state index contributed by atoms with van der Waals surface area (Å²) in [5.74, 6) is -2.77. The van der Waals surface area contributed by atoms with Crippen molar-refractivity contribution in [3.63, 3.8) is 0 Å². The lowest BCUT2D eigenvalue weighted by Crippen LogP contribution is -2.47. The zero-order valence-corrected chi connectivity index (χ0v) is 16.4. The molecular formula is C19H22F2N2O3S. The number of hydrogen-bond donors (Lipinski definition) is 1. The van der Waals surface area contributed by atoms with Crippen LogP contribution < -0.4 is 9.62 Å². The van der Waals surface area contributed by atoms with Gasteiger partial charge < -0.3 is 5.32 Å². The first kappa shape index (κ1) is 20.8. The first-order valence-corrected chi connectivity index (χ1v) is 10.2. The molecule has 1 N–H and O–H groups in total. The van der Waals surface area contributed by atoms with Crippen LogP contribution in [0.2, 0.25) is 0 Å². The molecule has 0 aliphatic rings. The molecule has 5 nitrogen and oxygen atoms in total. The van der Waals surface area contributed by atoms with Crippen molar-refractivity contribution in [2.75, 3.05) is 15.9 Å². The van der Waals surface area contributed by atoms with Gasteiger partial charge in [0, 0.05) is 11.8 Å². The van der Waals surface area contributed by atoms with E-state index in [2.05, 4.69) is 5.32 Å². The number of sulfonamides is 1. The zero-order chi connectivity index (χ0) is 20.4. The molecule has 146 valence electrons. The molecule has 2 rings (SSSR count). The highest BCUT2D eigenvalue weighted by atomic mass is 32.2. The van der Waals surface area contributed by atoms with E-state index in [-0.39, 0.29) is 12.1 Å². The van der Waals surface area contributed by atoms with Gasteiger partial charge in [-0.25, -0.2) is 17.2 Å². The standard InChI is InChI=1S/C19H22F2N2O3S/c1-5-18(19(24)22-14-6-7-16(20)17(21)11-14)23(27(4,25)26)15-9-12(2)8-13(3)10-15/h6-11,18H,5H2,1-4H3,(H,22,24). The topological polar surface area (TPSA) is 66.5 Å². The molecule has 0 saturated heterocycles. The summed E-state index contributed by atoms with van der Waals surface area (Å²) in [6, 6.07) is 7.17. The van der Waals surface area contributed by atoms with Gasteiger partial charge in [0.15, 0.2) is 11.6 Å². The van der Waals surface area contributed by atoms with Crippen LogP contribution in [0.3, 0.4) is 0 Å². The summed E-state index contributed by atoms with van der Waals surface area (Å²) in [6.45, 7) is 5.34. The monoisotopic (exact) mass is 396 g/mol. The lowest BCUT2D eigenvalue weighted by molar-refractivity contribution is -0.117. The maximum absolute atomic E-state index is 13.4. The van der Waals surface area contributed by atoms with Crippen LogP contribution in [-0.4, -0.2) is 26.6 Å². The number of anilines is 2. The average molecular weight is 396 g/mol. The lowest BCUT2D eigenvalue weighted by atomic mass is 10.1. The highest BCUT2D eigenvalue weighted by molar-refractivity contribution is 7.92. The number of rotatable bonds is 6. The number of hydrogen-bond acceptors (Lipinski definition) is 3. The SMILES string of the molecule is CCC(C(=O)Nc1ccc(F)c(F)c1)N(c1cc(C)cc(C)c1)S(C)(=O)=O. The third kappa shape index (κ3) is 5.03. The summed E-state index contributed by atoms with van der Waals surface area (Å²) in [6.07, 6.45) is 1.22. The maximum Gasteiger partial charge on any atom is 0.248 e. The minimum atomic E-state index is -3.78. The number of carbonyl (C=O) groups excluding carboxylic acids is 1. The number of nitrogens with zero attached hydrogens (tertiary/aromatic N) is 1. The van der Waals surface area contributed by atoms with Crippen molar-refractivity contribution in [2.24, 2.45) is 0 Å². The van der Waals surface area contributed by atoms with Crippen LogP contribution in [0.1, 0.15) is 24.5 Å². The summed E-state index contributed by atoms with van der Waals surface area (Å²) in [5, 5.41) is 2.46. The highest BCUT2D eigenvalue weighted by Crippen LogP contribution is 2.26. The van der Waals surface area contributed by atoms with Gasteiger partial charge in [0.05, 0.1) is 11.9 Å². The largest absolute Gasteiger partial charge is 0.324 e. The number of nitrogens with one attached hydrogen (secondary N) is 1.